The molecule has 0 unspecified atom stereocenters. The van der Waals surface area contributed by atoms with E-state index in [0.717, 1.165) is 44.4 Å². The molecule has 27 heavy (non-hydrogen) atoms. The Morgan fingerprint density at radius 2 is 1.52 bits per heavy atom. The molecular weight excluding hydrogens is 354 g/mol. The van der Waals surface area contributed by atoms with Crippen LogP contribution >= 0.6 is 0 Å². The minimum absolute atomic E-state index is 0.0234. The van der Waals surface area contributed by atoms with E-state index in [0.29, 0.717) is 23.0 Å². The monoisotopic (exact) mass is 376 g/mol. The molecule has 1 aliphatic rings. The predicted octanol–water partition coefficient (Wildman–Crippen LogP) is 2.77. The summed E-state index contributed by atoms with van der Waals surface area (Å²) in [5.74, 6) is -0.897. The first-order valence-electron chi connectivity index (χ1n) is 8.64. The molecule has 2 heterocycles. The van der Waals surface area contributed by atoms with Crippen LogP contribution in [0.1, 0.15) is 11.4 Å². The van der Waals surface area contributed by atoms with Crippen molar-refractivity contribution in [3.8, 4) is 0 Å². The largest absolute Gasteiger partial charge is 0.338 e. The van der Waals surface area contributed by atoms with Gasteiger partial charge >= 0.3 is 6.03 Å². The Kier molecular flexibility index (Phi) is 5.50. The molecule has 1 aromatic carbocycles. The van der Waals surface area contributed by atoms with Gasteiger partial charge in [0.05, 0.1) is 17.1 Å². The average molecular weight is 376 g/mol. The van der Waals surface area contributed by atoms with Gasteiger partial charge in [-0.3, -0.25) is 0 Å². The number of amides is 2. The highest BCUT2D eigenvalue weighted by Gasteiger charge is 2.19. The average Bonchev–Trinajstić information content (AvgIpc) is 2.57. The van der Waals surface area contributed by atoms with Gasteiger partial charge in [0, 0.05) is 37.9 Å². The number of urea groups is 1. The van der Waals surface area contributed by atoms with Gasteiger partial charge in [-0.25, -0.2) is 23.5 Å². The maximum atomic E-state index is 13.2. The minimum atomic E-state index is -0.766. The summed E-state index contributed by atoms with van der Waals surface area (Å²) in [6.45, 7) is 7.13. The van der Waals surface area contributed by atoms with Gasteiger partial charge in [0.2, 0.25) is 5.95 Å². The molecule has 0 atom stereocenters. The Balaban J connectivity index is 1.72. The SMILES string of the molecule is Cc1nc(N2CCN(C)CC2)nc(C)c1NC(=O)Nc1cc(F)cc(F)c1. The van der Waals surface area contributed by atoms with E-state index in [1.165, 1.54) is 0 Å². The molecule has 2 amide bonds. The Labute approximate surface area is 156 Å². The van der Waals surface area contributed by atoms with Crippen LogP contribution in [0.2, 0.25) is 0 Å². The quantitative estimate of drug-likeness (QED) is 0.862. The zero-order valence-electron chi connectivity index (χ0n) is 15.5. The van der Waals surface area contributed by atoms with Crippen LogP contribution in [0.25, 0.3) is 0 Å². The van der Waals surface area contributed by atoms with Crippen molar-refractivity contribution in [2.75, 3.05) is 48.8 Å². The number of halogens is 2. The number of carbonyl (C=O) groups excluding carboxylic acids is 1. The second-order valence-corrected chi connectivity index (χ2v) is 6.60. The molecule has 0 radical (unpaired) electrons. The van der Waals surface area contributed by atoms with Gasteiger partial charge < -0.3 is 20.4 Å². The van der Waals surface area contributed by atoms with Gasteiger partial charge in [0.15, 0.2) is 0 Å². The number of carbonyl (C=O) groups is 1. The lowest BCUT2D eigenvalue weighted by Crippen LogP contribution is -2.45. The highest BCUT2D eigenvalue weighted by molar-refractivity contribution is 6.00. The predicted molar refractivity (Wildman–Crippen MR) is 100 cm³/mol. The molecule has 2 N–H and O–H groups in total. The molecule has 1 aromatic heterocycles. The van der Waals surface area contributed by atoms with Crippen LogP contribution in [-0.4, -0.2) is 54.1 Å². The van der Waals surface area contributed by atoms with Gasteiger partial charge in [-0.1, -0.05) is 0 Å². The van der Waals surface area contributed by atoms with Crippen molar-refractivity contribution in [1.82, 2.24) is 14.9 Å². The highest BCUT2D eigenvalue weighted by atomic mass is 19.1. The lowest BCUT2D eigenvalue weighted by atomic mass is 10.2. The fraction of sp³-hybridized carbons (Fsp3) is 0.389. The summed E-state index contributed by atoms with van der Waals surface area (Å²) in [4.78, 5) is 25.6. The molecule has 144 valence electrons. The smallest absolute Gasteiger partial charge is 0.323 e. The molecule has 0 saturated carbocycles. The number of hydrogen-bond donors (Lipinski definition) is 2. The van der Waals surface area contributed by atoms with Crippen LogP contribution in [0.5, 0.6) is 0 Å². The maximum absolute atomic E-state index is 13.2. The fourth-order valence-corrected chi connectivity index (χ4v) is 2.93. The van der Waals surface area contributed by atoms with Gasteiger partial charge in [-0.2, -0.15) is 0 Å². The summed E-state index contributed by atoms with van der Waals surface area (Å²) in [5.41, 5.74) is 1.74. The van der Waals surface area contributed by atoms with Crippen molar-refractivity contribution < 1.29 is 13.6 Å². The molecule has 2 aromatic rings. The number of likely N-dealkylation sites (N-methyl/N-ethyl adjacent to an activating group) is 1. The van der Waals surface area contributed by atoms with Crippen LogP contribution in [0.15, 0.2) is 18.2 Å². The van der Waals surface area contributed by atoms with E-state index in [4.69, 9.17) is 0 Å². The van der Waals surface area contributed by atoms with Crippen LogP contribution < -0.4 is 15.5 Å². The van der Waals surface area contributed by atoms with Crippen molar-refractivity contribution in [3.05, 3.63) is 41.2 Å². The lowest BCUT2D eigenvalue weighted by molar-refractivity contribution is 0.262. The Bertz CT molecular complexity index is 808. The lowest BCUT2D eigenvalue weighted by Gasteiger charge is -2.32. The number of nitrogens with one attached hydrogen (secondary N) is 2. The molecule has 0 bridgehead atoms. The second kappa shape index (κ2) is 7.83. The van der Waals surface area contributed by atoms with E-state index in [9.17, 15) is 13.6 Å². The van der Waals surface area contributed by atoms with E-state index in [-0.39, 0.29) is 5.69 Å². The van der Waals surface area contributed by atoms with Gasteiger partial charge in [-0.15, -0.1) is 0 Å². The first kappa shape index (κ1) is 19.0. The number of piperazine rings is 1. The van der Waals surface area contributed by atoms with Gasteiger partial charge in [0.25, 0.3) is 0 Å². The van der Waals surface area contributed by atoms with Crippen LogP contribution in [0.4, 0.5) is 30.9 Å². The van der Waals surface area contributed by atoms with E-state index in [1.807, 2.05) is 0 Å². The number of benzene rings is 1. The Morgan fingerprint density at radius 3 is 2.07 bits per heavy atom. The third-order valence-corrected chi connectivity index (χ3v) is 4.40. The third kappa shape index (κ3) is 4.68. The second-order valence-electron chi connectivity index (χ2n) is 6.60. The highest BCUT2D eigenvalue weighted by Crippen LogP contribution is 2.22. The summed E-state index contributed by atoms with van der Waals surface area (Å²) in [7, 11) is 2.07. The van der Waals surface area contributed by atoms with E-state index < -0.39 is 17.7 Å². The molecule has 7 nitrogen and oxygen atoms in total. The number of aromatic nitrogens is 2. The van der Waals surface area contributed by atoms with E-state index in [1.54, 1.807) is 13.8 Å². The first-order valence-corrected chi connectivity index (χ1v) is 8.64. The maximum Gasteiger partial charge on any atom is 0.323 e. The molecule has 1 saturated heterocycles. The minimum Gasteiger partial charge on any atom is -0.338 e. The van der Waals surface area contributed by atoms with Crippen molar-refractivity contribution in [1.29, 1.82) is 0 Å². The zero-order valence-corrected chi connectivity index (χ0v) is 15.5. The third-order valence-electron chi connectivity index (χ3n) is 4.40. The number of rotatable bonds is 3. The summed E-state index contributed by atoms with van der Waals surface area (Å²) in [5, 5.41) is 5.06. The standard InChI is InChI=1S/C18H22F2N6O/c1-11-16(24-18(27)23-15-9-13(19)8-14(20)10-15)12(2)22-17(21-11)26-6-4-25(3)5-7-26/h8-10H,4-7H2,1-3H3,(H2,23,24,27). The molecule has 0 aliphatic carbocycles. The molecule has 9 heteroatoms. The Morgan fingerprint density at radius 1 is 0.963 bits per heavy atom. The van der Waals surface area contributed by atoms with Gasteiger partial charge in [0.1, 0.15) is 11.6 Å². The number of anilines is 3. The number of nitrogens with zero attached hydrogens (tertiary/aromatic N) is 4. The summed E-state index contributed by atoms with van der Waals surface area (Å²) < 4.78 is 26.5. The molecule has 1 aliphatic heterocycles. The fourth-order valence-electron chi connectivity index (χ4n) is 2.93. The van der Waals surface area contributed by atoms with Crippen molar-refractivity contribution in [2.24, 2.45) is 0 Å². The van der Waals surface area contributed by atoms with Crippen molar-refractivity contribution in [3.63, 3.8) is 0 Å². The van der Waals surface area contributed by atoms with Crippen LogP contribution in [-0.2, 0) is 0 Å². The number of aryl methyl sites for hydroxylation is 2. The first-order chi connectivity index (χ1) is 12.8. The molecule has 0 spiro atoms. The summed E-state index contributed by atoms with van der Waals surface area (Å²) in [6, 6.07) is 2.19. The van der Waals surface area contributed by atoms with Crippen LogP contribution in [0, 0.1) is 25.5 Å². The van der Waals surface area contributed by atoms with Crippen LogP contribution in [0.3, 0.4) is 0 Å². The van der Waals surface area contributed by atoms with Crippen molar-refractivity contribution >= 4 is 23.4 Å². The number of hydrogen-bond acceptors (Lipinski definition) is 5. The zero-order chi connectivity index (χ0) is 19.6. The Hall–Kier alpha value is -2.81. The normalized spacial score (nSPS) is 14.9. The van der Waals surface area contributed by atoms with E-state index in [2.05, 4.69) is 37.4 Å². The molecule has 1 fully saturated rings. The van der Waals surface area contributed by atoms with Gasteiger partial charge in [-0.05, 0) is 33.0 Å². The van der Waals surface area contributed by atoms with E-state index >= 15 is 0 Å². The molecule has 3 rings (SSSR count). The summed E-state index contributed by atoms with van der Waals surface area (Å²) >= 11 is 0. The molecular formula is C18H22F2N6O. The summed E-state index contributed by atoms with van der Waals surface area (Å²) in [6.07, 6.45) is 0. The van der Waals surface area contributed by atoms with Crippen molar-refractivity contribution in [2.45, 2.75) is 13.8 Å². The topological polar surface area (TPSA) is 73.4 Å².